The summed E-state index contributed by atoms with van der Waals surface area (Å²) in [6, 6.07) is 12.0. The second kappa shape index (κ2) is 7.20. The van der Waals surface area contributed by atoms with Gasteiger partial charge in [-0.1, -0.05) is 13.8 Å². The van der Waals surface area contributed by atoms with Crippen molar-refractivity contribution in [2.75, 3.05) is 18.0 Å². The Labute approximate surface area is 175 Å². The molecule has 5 nitrogen and oxygen atoms in total. The van der Waals surface area contributed by atoms with Gasteiger partial charge in [-0.2, -0.15) is 0 Å². The molecule has 0 aliphatic carbocycles. The molecule has 30 heavy (non-hydrogen) atoms. The van der Waals surface area contributed by atoms with Gasteiger partial charge in [0, 0.05) is 30.6 Å². The summed E-state index contributed by atoms with van der Waals surface area (Å²) >= 11 is 0. The Balaban J connectivity index is 1.76. The molecule has 0 spiro atoms. The van der Waals surface area contributed by atoms with Crippen LogP contribution in [0, 0.1) is 11.7 Å². The SMILES string of the molecule is CC(C)Cc1nc2ccc(N3C[C@@H](C)N[C@@H](C)C3)nc2n2c1cc1cc(F)ccc12. The minimum Gasteiger partial charge on any atom is -0.353 e. The summed E-state index contributed by atoms with van der Waals surface area (Å²) in [5, 5.41) is 4.45. The average molecular weight is 406 g/mol. The molecule has 2 atom stereocenters. The van der Waals surface area contributed by atoms with Gasteiger partial charge in [0.15, 0.2) is 5.65 Å². The highest BCUT2D eigenvalue weighted by molar-refractivity contribution is 5.93. The Hall–Kier alpha value is -2.73. The molecular formula is C24H28FN5. The first-order valence-electron chi connectivity index (χ1n) is 10.8. The van der Waals surface area contributed by atoms with Crippen molar-refractivity contribution >= 4 is 33.4 Å². The van der Waals surface area contributed by atoms with Crippen molar-refractivity contribution in [1.29, 1.82) is 0 Å². The molecule has 1 N–H and O–H groups in total. The predicted molar refractivity (Wildman–Crippen MR) is 121 cm³/mol. The van der Waals surface area contributed by atoms with Crippen molar-refractivity contribution in [3.8, 4) is 0 Å². The van der Waals surface area contributed by atoms with Crippen LogP contribution in [0.25, 0.3) is 27.6 Å². The number of aromatic nitrogens is 3. The summed E-state index contributed by atoms with van der Waals surface area (Å²) in [5.74, 6) is 1.22. The Bertz CT molecular complexity index is 1240. The van der Waals surface area contributed by atoms with E-state index >= 15 is 0 Å². The van der Waals surface area contributed by atoms with Gasteiger partial charge in [0.25, 0.3) is 0 Å². The van der Waals surface area contributed by atoms with Crippen LogP contribution in [0.15, 0.2) is 36.4 Å². The molecular weight excluding hydrogens is 377 g/mol. The Morgan fingerprint density at radius 3 is 2.53 bits per heavy atom. The monoisotopic (exact) mass is 405 g/mol. The molecule has 0 saturated carbocycles. The molecule has 1 aliphatic heterocycles. The third-order valence-electron chi connectivity index (χ3n) is 5.85. The molecule has 5 rings (SSSR count). The maximum absolute atomic E-state index is 13.9. The number of rotatable bonds is 3. The fourth-order valence-corrected chi connectivity index (χ4v) is 4.74. The number of piperazine rings is 1. The lowest BCUT2D eigenvalue weighted by Crippen LogP contribution is -2.54. The van der Waals surface area contributed by atoms with Gasteiger partial charge in [0.05, 0.1) is 16.7 Å². The Morgan fingerprint density at radius 2 is 1.80 bits per heavy atom. The van der Waals surface area contributed by atoms with E-state index in [0.717, 1.165) is 58.6 Å². The average Bonchev–Trinajstić information content (AvgIpc) is 3.05. The van der Waals surface area contributed by atoms with E-state index in [1.165, 1.54) is 6.07 Å². The molecule has 0 bridgehead atoms. The van der Waals surface area contributed by atoms with Crippen molar-refractivity contribution < 1.29 is 4.39 Å². The zero-order chi connectivity index (χ0) is 21.0. The first kappa shape index (κ1) is 19.2. The second-order valence-electron chi connectivity index (χ2n) is 9.11. The van der Waals surface area contributed by atoms with Crippen LogP contribution in [-0.4, -0.2) is 39.5 Å². The minimum absolute atomic E-state index is 0.224. The van der Waals surface area contributed by atoms with E-state index in [4.69, 9.17) is 9.97 Å². The lowest BCUT2D eigenvalue weighted by Gasteiger charge is -2.37. The van der Waals surface area contributed by atoms with Gasteiger partial charge in [0.2, 0.25) is 0 Å². The molecule has 1 saturated heterocycles. The molecule has 4 heterocycles. The minimum atomic E-state index is -0.224. The molecule has 1 fully saturated rings. The van der Waals surface area contributed by atoms with E-state index < -0.39 is 0 Å². The zero-order valence-electron chi connectivity index (χ0n) is 18.0. The Morgan fingerprint density at radius 1 is 1.03 bits per heavy atom. The summed E-state index contributed by atoms with van der Waals surface area (Å²) in [7, 11) is 0. The van der Waals surface area contributed by atoms with Crippen LogP contribution in [0.4, 0.5) is 10.2 Å². The topological polar surface area (TPSA) is 45.5 Å². The standard InChI is InChI=1S/C24H28FN5/c1-14(2)9-20-22-11-17-10-18(25)5-7-21(17)30(22)24-19(27-20)6-8-23(28-24)29-12-15(3)26-16(4)13-29/h5-8,10-11,14-16,26H,9,12-13H2,1-4H3/t15-,16+. The lowest BCUT2D eigenvalue weighted by atomic mass is 10.1. The van der Waals surface area contributed by atoms with E-state index in [1.807, 2.05) is 12.1 Å². The summed E-state index contributed by atoms with van der Waals surface area (Å²) in [6.07, 6.45) is 0.868. The van der Waals surface area contributed by atoms with Crippen molar-refractivity contribution in [2.45, 2.75) is 46.2 Å². The molecule has 4 aromatic rings. The summed E-state index contributed by atoms with van der Waals surface area (Å²) in [4.78, 5) is 12.4. The zero-order valence-corrected chi connectivity index (χ0v) is 18.0. The van der Waals surface area contributed by atoms with Gasteiger partial charge in [-0.25, -0.2) is 14.4 Å². The number of hydrogen-bond donors (Lipinski definition) is 1. The maximum Gasteiger partial charge on any atom is 0.166 e. The number of halogens is 1. The van der Waals surface area contributed by atoms with Crippen LogP contribution in [0.3, 0.4) is 0 Å². The van der Waals surface area contributed by atoms with Crippen molar-refractivity contribution in [1.82, 2.24) is 19.7 Å². The molecule has 6 heteroatoms. The first-order valence-corrected chi connectivity index (χ1v) is 10.8. The number of nitrogens with one attached hydrogen (secondary N) is 1. The molecule has 3 aromatic heterocycles. The fourth-order valence-electron chi connectivity index (χ4n) is 4.74. The van der Waals surface area contributed by atoms with Crippen molar-refractivity contribution in [3.63, 3.8) is 0 Å². The van der Waals surface area contributed by atoms with Crippen LogP contribution < -0.4 is 10.2 Å². The third-order valence-corrected chi connectivity index (χ3v) is 5.85. The van der Waals surface area contributed by atoms with Crippen LogP contribution >= 0.6 is 0 Å². The van der Waals surface area contributed by atoms with Gasteiger partial charge in [0.1, 0.15) is 17.2 Å². The number of hydrogen-bond acceptors (Lipinski definition) is 4. The highest BCUT2D eigenvalue weighted by atomic mass is 19.1. The van der Waals surface area contributed by atoms with Gasteiger partial charge in [-0.3, -0.25) is 4.40 Å². The summed E-state index contributed by atoms with van der Waals surface area (Å²) < 4.78 is 16.1. The van der Waals surface area contributed by atoms with Gasteiger partial charge >= 0.3 is 0 Å². The van der Waals surface area contributed by atoms with E-state index in [-0.39, 0.29) is 5.82 Å². The number of nitrogens with zero attached hydrogens (tertiary/aromatic N) is 4. The van der Waals surface area contributed by atoms with Crippen LogP contribution in [0.5, 0.6) is 0 Å². The molecule has 0 amide bonds. The van der Waals surface area contributed by atoms with E-state index in [9.17, 15) is 4.39 Å². The van der Waals surface area contributed by atoms with Crippen molar-refractivity contribution in [2.24, 2.45) is 5.92 Å². The van der Waals surface area contributed by atoms with Gasteiger partial charge in [-0.05, 0) is 62.6 Å². The fraction of sp³-hybridized carbons (Fsp3) is 0.417. The van der Waals surface area contributed by atoms with Crippen LogP contribution in [-0.2, 0) is 6.42 Å². The molecule has 1 aliphatic rings. The third kappa shape index (κ3) is 3.29. The maximum atomic E-state index is 13.9. The highest BCUT2D eigenvalue weighted by Gasteiger charge is 2.23. The van der Waals surface area contributed by atoms with Gasteiger partial charge < -0.3 is 10.2 Å². The summed E-state index contributed by atoms with van der Waals surface area (Å²) in [6.45, 7) is 10.6. The largest absolute Gasteiger partial charge is 0.353 e. The number of anilines is 1. The molecule has 0 unspecified atom stereocenters. The van der Waals surface area contributed by atoms with E-state index in [1.54, 1.807) is 6.07 Å². The number of pyridine rings is 1. The van der Waals surface area contributed by atoms with E-state index in [0.29, 0.717) is 18.0 Å². The second-order valence-corrected chi connectivity index (χ2v) is 9.11. The number of benzene rings is 1. The predicted octanol–water partition coefficient (Wildman–Crippen LogP) is 4.56. The Kier molecular flexibility index (Phi) is 4.62. The molecule has 1 aromatic carbocycles. The van der Waals surface area contributed by atoms with Gasteiger partial charge in [-0.15, -0.1) is 0 Å². The highest BCUT2D eigenvalue weighted by Crippen LogP contribution is 2.29. The van der Waals surface area contributed by atoms with E-state index in [2.05, 4.69) is 54.4 Å². The quantitative estimate of drug-likeness (QED) is 0.543. The molecule has 156 valence electrons. The lowest BCUT2D eigenvalue weighted by molar-refractivity contribution is 0.405. The molecule has 0 radical (unpaired) electrons. The van der Waals surface area contributed by atoms with Crippen LogP contribution in [0.1, 0.15) is 33.4 Å². The summed E-state index contributed by atoms with van der Waals surface area (Å²) in [5.41, 5.74) is 4.72. The normalized spacial score (nSPS) is 20.1. The smallest absolute Gasteiger partial charge is 0.166 e. The number of fused-ring (bicyclic) bond motifs is 5. The van der Waals surface area contributed by atoms with Crippen molar-refractivity contribution in [3.05, 3.63) is 47.9 Å². The first-order chi connectivity index (χ1) is 14.4. The van der Waals surface area contributed by atoms with Crippen LogP contribution in [0.2, 0.25) is 0 Å².